The van der Waals surface area contributed by atoms with Gasteiger partial charge in [0.15, 0.2) is 5.82 Å². The maximum Gasteiger partial charge on any atom is 0.243 e. The molecule has 2 aromatic carbocycles. The van der Waals surface area contributed by atoms with Crippen LogP contribution >= 0.6 is 11.6 Å². The zero-order valence-electron chi connectivity index (χ0n) is 22.1. The van der Waals surface area contributed by atoms with E-state index in [0.717, 1.165) is 23.5 Å². The summed E-state index contributed by atoms with van der Waals surface area (Å²) in [5.41, 5.74) is 3.10. The minimum Gasteiger partial charge on any atom is -0.456 e. The molecule has 0 saturated heterocycles. The average molecular weight is 544 g/mol. The zero-order chi connectivity index (χ0) is 27.8. The number of carbonyl (C=O) groups excluding carboxylic acids is 1. The highest BCUT2D eigenvalue weighted by molar-refractivity contribution is 6.32. The molecule has 2 heterocycles. The summed E-state index contributed by atoms with van der Waals surface area (Å²) in [4.78, 5) is 25.0. The van der Waals surface area contributed by atoms with Gasteiger partial charge in [0.1, 0.15) is 23.5 Å². The lowest BCUT2D eigenvalue weighted by Crippen LogP contribution is -2.27. The van der Waals surface area contributed by atoms with Gasteiger partial charge in [-0.1, -0.05) is 35.9 Å². The smallest absolute Gasteiger partial charge is 0.243 e. The Kier molecular flexibility index (Phi) is 9.15. The van der Waals surface area contributed by atoms with Gasteiger partial charge in [0, 0.05) is 38.3 Å². The predicted octanol–water partition coefficient (Wildman–Crippen LogP) is 4.69. The minimum absolute atomic E-state index is 0.0852. The quantitative estimate of drug-likeness (QED) is 0.280. The molecule has 0 fully saturated rings. The number of ether oxygens (including phenoxy) is 1. The Balaban J connectivity index is 1.38. The fourth-order valence-corrected chi connectivity index (χ4v) is 4.31. The number of hydrogen-bond donors (Lipinski definition) is 2. The fraction of sp³-hybridized carbons (Fsp3) is 0.241. The van der Waals surface area contributed by atoms with Gasteiger partial charge in [-0.15, -0.1) is 0 Å². The lowest BCUT2D eigenvalue weighted by Gasteiger charge is -2.21. The first-order valence-corrected chi connectivity index (χ1v) is 12.8. The number of amides is 1. The molecule has 1 aliphatic rings. The van der Waals surface area contributed by atoms with E-state index in [2.05, 4.69) is 37.6 Å². The summed E-state index contributed by atoms with van der Waals surface area (Å²) >= 11 is 6.50. The molecule has 0 aliphatic carbocycles. The van der Waals surface area contributed by atoms with Crippen LogP contribution < -0.4 is 20.3 Å². The van der Waals surface area contributed by atoms with Gasteiger partial charge in [0.25, 0.3) is 0 Å². The normalized spacial score (nSPS) is 14.6. The highest BCUT2D eigenvalue weighted by Gasteiger charge is 2.29. The molecule has 1 unspecified atom stereocenters. The number of benzene rings is 2. The molecule has 0 bridgehead atoms. The molecule has 0 saturated carbocycles. The van der Waals surface area contributed by atoms with Crippen LogP contribution in [0.5, 0.6) is 11.5 Å². The third-order valence-electron chi connectivity index (χ3n) is 6.03. The lowest BCUT2D eigenvalue weighted by atomic mass is 10.2. The molecule has 0 spiro atoms. The van der Waals surface area contributed by atoms with Crippen molar-refractivity contribution in [3.05, 3.63) is 89.4 Å². The van der Waals surface area contributed by atoms with Crippen LogP contribution in [0.3, 0.4) is 0 Å². The summed E-state index contributed by atoms with van der Waals surface area (Å²) in [5, 5.41) is 15.7. The van der Waals surface area contributed by atoms with Crippen molar-refractivity contribution in [1.29, 1.82) is 5.26 Å². The second-order valence-corrected chi connectivity index (χ2v) is 9.66. The van der Waals surface area contributed by atoms with E-state index in [0.29, 0.717) is 41.0 Å². The van der Waals surface area contributed by atoms with Gasteiger partial charge in [-0.3, -0.25) is 4.79 Å². The molecule has 200 valence electrons. The van der Waals surface area contributed by atoms with Crippen LogP contribution in [0.1, 0.15) is 11.3 Å². The molecule has 39 heavy (non-hydrogen) atoms. The maximum atomic E-state index is 11.9. The van der Waals surface area contributed by atoms with Crippen LogP contribution in [0.4, 0.5) is 17.2 Å². The van der Waals surface area contributed by atoms with Crippen molar-refractivity contribution in [2.45, 2.75) is 12.5 Å². The first-order chi connectivity index (χ1) is 18.8. The first kappa shape index (κ1) is 27.6. The lowest BCUT2D eigenvalue weighted by molar-refractivity contribution is -0.116. The maximum absolute atomic E-state index is 11.9. The SMILES string of the molecule is CN(C)C/C=C/C(=O)NC/C=C/C1Cc2ncnc(Nc3ccc(Oc4cccc(C#N)c4)c(Cl)c3)c2N1C. The van der Waals surface area contributed by atoms with Gasteiger partial charge in [-0.25, -0.2) is 9.97 Å². The molecule has 1 amide bonds. The van der Waals surface area contributed by atoms with Crippen molar-refractivity contribution in [1.82, 2.24) is 20.2 Å². The zero-order valence-corrected chi connectivity index (χ0v) is 22.8. The van der Waals surface area contributed by atoms with Crippen molar-refractivity contribution in [3.8, 4) is 17.6 Å². The van der Waals surface area contributed by atoms with E-state index < -0.39 is 0 Å². The van der Waals surface area contributed by atoms with Crippen molar-refractivity contribution in [2.75, 3.05) is 44.4 Å². The fourth-order valence-electron chi connectivity index (χ4n) is 4.09. The number of carbonyl (C=O) groups is 1. The standard InChI is InChI=1S/C29H30ClN7O2/c1-36(2)14-6-10-27(38)32-13-5-8-22-17-25-28(37(22)3)29(34-19-33-25)35-21-11-12-26(24(30)16-21)39-23-9-4-7-20(15-23)18-31/h4-12,15-16,19,22H,13-14,17H2,1-3H3,(H,32,38)(H,33,34,35)/b8-5+,10-6+. The van der Waals surface area contributed by atoms with Crippen LogP contribution in [0.25, 0.3) is 0 Å². The monoisotopic (exact) mass is 543 g/mol. The predicted molar refractivity (Wildman–Crippen MR) is 154 cm³/mol. The second-order valence-electron chi connectivity index (χ2n) is 9.25. The number of nitrogens with zero attached hydrogens (tertiary/aromatic N) is 5. The molecule has 1 aromatic heterocycles. The largest absolute Gasteiger partial charge is 0.456 e. The van der Waals surface area contributed by atoms with Gasteiger partial charge >= 0.3 is 0 Å². The van der Waals surface area contributed by atoms with Crippen molar-refractivity contribution in [2.24, 2.45) is 0 Å². The molecule has 9 nitrogen and oxygen atoms in total. The van der Waals surface area contributed by atoms with Crippen molar-refractivity contribution in [3.63, 3.8) is 0 Å². The summed E-state index contributed by atoms with van der Waals surface area (Å²) in [6, 6.07) is 14.5. The van der Waals surface area contributed by atoms with E-state index in [-0.39, 0.29) is 11.9 Å². The van der Waals surface area contributed by atoms with E-state index in [1.54, 1.807) is 48.8 Å². The van der Waals surface area contributed by atoms with Crippen LogP contribution in [-0.2, 0) is 11.2 Å². The number of rotatable bonds is 10. The highest BCUT2D eigenvalue weighted by atomic mass is 35.5. The summed E-state index contributed by atoms with van der Waals surface area (Å²) in [6.45, 7) is 1.16. The van der Waals surface area contributed by atoms with Crippen LogP contribution in [0.2, 0.25) is 5.02 Å². The van der Waals surface area contributed by atoms with E-state index >= 15 is 0 Å². The molecular weight excluding hydrogens is 514 g/mol. The Bertz CT molecular complexity index is 1430. The van der Waals surface area contributed by atoms with E-state index in [1.807, 2.05) is 44.3 Å². The Morgan fingerprint density at radius 3 is 2.87 bits per heavy atom. The number of fused-ring (bicyclic) bond motifs is 1. The van der Waals surface area contributed by atoms with Gasteiger partial charge in [0.05, 0.1) is 28.4 Å². The Morgan fingerprint density at radius 1 is 1.26 bits per heavy atom. The third-order valence-corrected chi connectivity index (χ3v) is 6.32. The van der Waals surface area contributed by atoms with Crippen LogP contribution in [0.15, 0.2) is 73.1 Å². The molecular formula is C29H30ClN7O2. The molecule has 1 aliphatic heterocycles. The van der Waals surface area contributed by atoms with E-state index in [9.17, 15) is 4.79 Å². The Morgan fingerprint density at radius 2 is 2.10 bits per heavy atom. The van der Waals surface area contributed by atoms with E-state index in [4.69, 9.17) is 21.6 Å². The minimum atomic E-state index is -0.118. The van der Waals surface area contributed by atoms with Crippen LogP contribution in [-0.4, -0.2) is 61.0 Å². The number of nitriles is 1. The third kappa shape index (κ3) is 7.35. The summed E-state index contributed by atoms with van der Waals surface area (Å²) in [7, 11) is 5.90. The van der Waals surface area contributed by atoms with Crippen molar-refractivity contribution < 1.29 is 9.53 Å². The van der Waals surface area contributed by atoms with Gasteiger partial charge in [-0.2, -0.15) is 5.26 Å². The molecule has 0 radical (unpaired) electrons. The van der Waals surface area contributed by atoms with Crippen LogP contribution in [0, 0.1) is 11.3 Å². The molecule has 10 heteroatoms. The number of likely N-dealkylation sites (N-methyl/N-ethyl adjacent to an activating group) is 2. The first-order valence-electron chi connectivity index (χ1n) is 12.4. The molecule has 2 N–H and O–H groups in total. The van der Waals surface area contributed by atoms with E-state index in [1.165, 1.54) is 0 Å². The number of nitrogens with one attached hydrogen (secondary N) is 2. The summed E-state index contributed by atoms with van der Waals surface area (Å²) < 4.78 is 5.87. The molecule has 3 aromatic rings. The van der Waals surface area contributed by atoms with Gasteiger partial charge in [0.2, 0.25) is 5.91 Å². The Labute approximate surface area is 233 Å². The topological polar surface area (TPSA) is 106 Å². The van der Waals surface area contributed by atoms with Crippen molar-refractivity contribution >= 4 is 34.7 Å². The number of anilines is 3. The number of aromatic nitrogens is 2. The van der Waals surface area contributed by atoms with Gasteiger partial charge < -0.3 is 25.2 Å². The number of hydrogen-bond acceptors (Lipinski definition) is 8. The second kappa shape index (κ2) is 12.9. The highest BCUT2D eigenvalue weighted by Crippen LogP contribution is 2.38. The summed E-state index contributed by atoms with van der Waals surface area (Å²) in [5.74, 6) is 1.57. The number of halogens is 1. The Hall–Kier alpha value is -4.39. The molecule has 1 atom stereocenters. The van der Waals surface area contributed by atoms with Gasteiger partial charge in [-0.05, 0) is 50.5 Å². The summed E-state index contributed by atoms with van der Waals surface area (Å²) in [6.07, 6.45) is 9.68. The molecule has 4 rings (SSSR count). The average Bonchev–Trinajstić information content (AvgIpc) is 3.24.